The van der Waals surface area contributed by atoms with E-state index in [-0.39, 0.29) is 27.3 Å². The fourth-order valence-corrected chi connectivity index (χ4v) is 3.35. The number of carbonyl (C=O) groups is 2. The Morgan fingerprint density at radius 3 is 2.76 bits per heavy atom. The van der Waals surface area contributed by atoms with Crippen LogP contribution < -0.4 is 4.80 Å². The number of carbonyl (C=O) groups excluding carboxylic acids is 2. The molecule has 0 saturated carbocycles. The van der Waals surface area contributed by atoms with Crippen molar-refractivity contribution >= 4 is 33.4 Å². The standard InChI is InChI=1S/C15H12F2N4O3S/c1-20-10(3-4-18-20)14(23)19-15-21(7-12(22)24-2)13-9(17)5-8(16)6-11(13)25-15/h3-6H,7H2,1-2H3. The first kappa shape index (κ1) is 17.0. The van der Waals surface area contributed by atoms with Crippen molar-refractivity contribution in [3.63, 3.8) is 0 Å². The second-order valence-corrected chi connectivity index (χ2v) is 6.05. The summed E-state index contributed by atoms with van der Waals surface area (Å²) >= 11 is 0.894. The highest BCUT2D eigenvalue weighted by Crippen LogP contribution is 2.22. The Hall–Kier alpha value is -2.88. The largest absolute Gasteiger partial charge is 0.468 e. The minimum absolute atomic E-state index is 0.0200. The fraction of sp³-hybridized carbons (Fsp3) is 0.200. The van der Waals surface area contributed by atoms with Gasteiger partial charge in [0.15, 0.2) is 10.6 Å². The van der Waals surface area contributed by atoms with Gasteiger partial charge in [0.2, 0.25) is 0 Å². The summed E-state index contributed by atoms with van der Waals surface area (Å²) in [5, 5.41) is 3.88. The lowest BCUT2D eigenvalue weighted by Crippen LogP contribution is -2.23. The normalized spacial score (nSPS) is 11.9. The fourth-order valence-electron chi connectivity index (χ4n) is 2.28. The summed E-state index contributed by atoms with van der Waals surface area (Å²) in [6, 6.07) is 3.30. The number of esters is 1. The van der Waals surface area contributed by atoms with Gasteiger partial charge in [0.25, 0.3) is 5.91 Å². The van der Waals surface area contributed by atoms with Gasteiger partial charge in [-0.25, -0.2) is 8.78 Å². The van der Waals surface area contributed by atoms with E-state index in [1.165, 1.54) is 28.6 Å². The van der Waals surface area contributed by atoms with Crippen LogP contribution in [-0.2, 0) is 23.1 Å². The number of fused-ring (bicyclic) bond motifs is 1. The lowest BCUT2D eigenvalue weighted by atomic mass is 10.3. The van der Waals surface area contributed by atoms with Crippen LogP contribution in [0.15, 0.2) is 29.4 Å². The molecule has 0 unspecified atom stereocenters. The maximum absolute atomic E-state index is 14.2. The molecule has 2 heterocycles. The molecular formula is C15H12F2N4O3S. The maximum atomic E-state index is 14.2. The number of aryl methyl sites for hydroxylation is 1. The Labute approximate surface area is 143 Å². The number of halogens is 2. The molecular weight excluding hydrogens is 354 g/mol. The minimum atomic E-state index is -0.857. The first-order chi connectivity index (χ1) is 11.9. The highest BCUT2D eigenvalue weighted by atomic mass is 32.1. The molecule has 3 rings (SSSR count). The highest BCUT2D eigenvalue weighted by molar-refractivity contribution is 7.16. The van der Waals surface area contributed by atoms with Gasteiger partial charge in [-0.3, -0.25) is 14.3 Å². The zero-order valence-corrected chi connectivity index (χ0v) is 14.0. The predicted octanol–water partition coefficient (Wildman–Crippen LogP) is 1.63. The molecule has 10 heteroatoms. The summed E-state index contributed by atoms with van der Waals surface area (Å²) in [6.45, 7) is -0.365. The van der Waals surface area contributed by atoms with Gasteiger partial charge in [0.05, 0.1) is 17.3 Å². The first-order valence-corrected chi connectivity index (χ1v) is 7.84. The lowest BCUT2D eigenvalue weighted by molar-refractivity contribution is -0.141. The molecule has 0 saturated heterocycles. The number of hydrogen-bond donors (Lipinski definition) is 0. The van der Waals surface area contributed by atoms with Crippen LogP contribution in [0.1, 0.15) is 10.5 Å². The summed E-state index contributed by atoms with van der Waals surface area (Å²) in [5.74, 6) is -2.89. The molecule has 25 heavy (non-hydrogen) atoms. The minimum Gasteiger partial charge on any atom is -0.468 e. The summed E-state index contributed by atoms with van der Waals surface area (Å²) in [4.78, 5) is 28.0. The van der Waals surface area contributed by atoms with E-state index in [2.05, 4.69) is 14.8 Å². The number of ether oxygens (including phenoxy) is 1. The van der Waals surface area contributed by atoms with Gasteiger partial charge < -0.3 is 9.30 Å². The van der Waals surface area contributed by atoms with Gasteiger partial charge in [0, 0.05) is 19.3 Å². The molecule has 0 atom stereocenters. The second-order valence-electron chi connectivity index (χ2n) is 5.04. The quantitative estimate of drug-likeness (QED) is 0.660. The van der Waals surface area contributed by atoms with E-state index in [4.69, 9.17) is 0 Å². The van der Waals surface area contributed by atoms with Crippen molar-refractivity contribution in [1.29, 1.82) is 0 Å². The lowest BCUT2D eigenvalue weighted by Gasteiger charge is -2.04. The van der Waals surface area contributed by atoms with Crippen LogP contribution >= 0.6 is 11.3 Å². The monoisotopic (exact) mass is 366 g/mol. The number of hydrogen-bond acceptors (Lipinski definition) is 5. The van der Waals surface area contributed by atoms with Crippen LogP contribution in [0.3, 0.4) is 0 Å². The summed E-state index contributed by atoms with van der Waals surface area (Å²) < 4.78 is 35.0. The Bertz CT molecular complexity index is 1050. The Morgan fingerprint density at radius 2 is 2.12 bits per heavy atom. The third-order valence-corrected chi connectivity index (χ3v) is 4.47. The Kier molecular flexibility index (Phi) is 4.45. The number of methoxy groups -OCH3 is 1. The van der Waals surface area contributed by atoms with Gasteiger partial charge in [-0.1, -0.05) is 11.3 Å². The van der Waals surface area contributed by atoms with Crippen molar-refractivity contribution in [3.05, 3.63) is 46.5 Å². The molecule has 0 radical (unpaired) electrons. The van der Waals surface area contributed by atoms with E-state index in [1.54, 1.807) is 7.05 Å². The van der Waals surface area contributed by atoms with Crippen molar-refractivity contribution in [2.75, 3.05) is 7.11 Å². The van der Waals surface area contributed by atoms with Gasteiger partial charge in [-0.15, -0.1) is 0 Å². The first-order valence-electron chi connectivity index (χ1n) is 7.03. The smallest absolute Gasteiger partial charge is 0.325 e. The zero-order chi connectivity index (χ0) is 18.1. The third kappa shape index (κ3) is 3.20. The molecule has 0 spiro atoms. The van der Waals surface area contributed by atoms with Gasteiger partial charge in [-0.05, 0) is 12.1 Å². The van der Waals surface area contributed by atoms with E-state index < -0.39 is 23.5 Å². The number of nitrogens with zero attached hydrogens (tertiary/aromatic N) is 4. The van der Waals surface area contributed by atoms with Crippen molar-refractivity contribution in [3.8, 4) is 0 Å². The Balaban J connectivity index is 2.23. The summed E-state index contributed by atoms with van der Waals surface area (Å²) in [5.41, 5.74) is 0.196. The molecule has 0 aliphatic heterocycles. The molecule has 0 bridgehead atoms. The Morgan fingerprint density at radius 1 is 1.36 bits per heavy atom. The van der Waals surface area contributed by atoms with E-state index >= 15 is 0 Å². The van der Waals surface area contributed by atoms with Crippen LogP contribution in [0, 0.1) is 11.6 Å². The van der Waals surface area contributed by atoms with Gasteiger partial charge >= 0.3 is 5.97 Å². The van der Waals surface area contributed by atoms with Crippen molar-refractivity contribution in [1.82, 2.24) is 14.3 Å². The van der Waals surface area contributed by atoms with Crippen LogP contribution in [0.25, 0.3) is 10.2 Å². The number of thiazole rings is 1. The number of benzene rings is 1. The van der Waals surface area contributed by atoms with Crippen molar-refractivity contribution < 1.29 is 23.1 Å². The average molecular weight is 366 g/mol. The van der Waals surface area contributed by atoms with Crippen molar-refractivity contribution in [2.24, 2.45) is 12.0 Å². The average Bonchev–Trinajstić information content (AvgIpc) is 3.11. The molecule has 7 nitrogen and oxygen atoms in total. The van der Waals surface area contributed by atoms with Crippen LogP contribution in [0.5, 0.6) is 0 Å². The summed E-state index contributed by atoms with van der Waals surface area (Å²) in [6.07, 6.45) is 1.44. The third-order valence-electron chi connectivity index (χ3n) is 3.45. The molecule has 3 aromatic rings. The molecule has 1 amide bonds. The van der Waals surface area contributed by atoms with E-state index in [9.17, 15) is 18.4 Å². The molecule has 130 valence electrons. The predicted molar refractivity (Wildman–Crippen MR) is 84.8 cm³/mol. The molecule has 1 aromatic carbocycles. The van der Waals surface area contributed by atoms with Crippen molar-refractivity contribution in [2.45, 2.75) is 6.54 Å². The van der Waals surface area contributed by atoms with E-state index in [1.807, 2.05) is 0 Å². The second kappa shape index (κ2) is 6.55. The van der Waals surface area contributed by atoms with Gasteiger partial charge in [0.1, 0.15) is 18.1 Å². The SMILES string of the molecule is COC(=O)Cn1c(=NC(=O)c2ccnn2C)sc2cc(F)cc(F)c21. The molecule has 0 aliphatic carbocycles. The number of rotatable bonds is 3. The van der Waals surface area contributed by atoms with Gasteiger partial charge in [-0.2, -0.15) is 10.1 Å². The van der Waals surface area contributed by atoms with E-state index in [0.29, 0.717) is 6.07 Å². The highest BCUT2D eigenvalue weighted by Gasteiger charge is 2.17. The molecule has 0 aliphatic rings. The van der Waals surface area contributed by atoms with Crippen LogP contribution in [0.2, 0.25) is 0 Å². The van der Waals surface area contributed by atoms with Crippen LogP contribution in [0.4, 0.5) is 8.78 Å². The summed E-state index contributed by atoms with van der Waals surface area (Å²) in [7, 11) is 2.76. The zero-order valence-electron chi connectivity index (χ0n) is 13.2. The maximum Gasteiger partial charge on any atom is 0.325 e. The topological polar surface area (TPSA) is 78.5 Å². The number of aromatic nitrogens is 3. The molecule has 2 aromatic heterocycles. The van der Waals surface area contributed by atoms with Crippen LogP contribution in [-0.4, -0.2) is 33.3 Å². The molecule has 0 fully saturated rings. The van der Waals surface area contributed by atoms with E-state index in [0.717, 1.165) is 17.4 Å². The molecule has 0 N–H and O–H groups in total. The number of amides is 1.